The topological polar surface area (TPSA) is 42.5 Å². The van der Waals surface area contributed by atoms with E-state index in [0.717, 1.165) is 39.0 Å². The number of aromatic nitrogens is 1. The first-order chi connectivity index (χ1) is 23.3. The van der Waals surface area contributed by atoms with Gasteiger partial charge in [0.25, 0.3) is 0 Å². The highest BCUT2D eigenvalue weighted by Crippen LogP contribution is 2.46. The Labute approximate surface area is 272 Å². The number of thiophene rings is 1. The second-order valence-electron chi connectivity index (χ2n) is 12.4. The molecule has 1 aliphatic heterocycles. The number of hydrogen-bond donors (Lipinski definition) is 1. The van der Waals surface area contributed by atoms with E-state index in [9.17, 15) is 0 Å². The highest BCUT2D eigenvalue weighted by molar-refractivity contribution is 7.25. The molecule has 4 nitrogen and oxygen atoms in total. The number of fused-ring (bicyclic) bond motifs is 11. The van der Waals surface area contributed by atoms with Crippen molar-refractivity contribution in [2.75, 3.05) is 5.32 Å². The average Bonchev–Trinajstić information content (AvgIpc) is 3.77. The zero-order valence-electron chi connectivity index (χ0n) is 25.1. The van der Waals surface area contributed by atoms with E-state index >= 15 is 0 Å². The molecule has 10 aromatic rings. The third kappa shape index (κ3) is 3.60. The molecular weight excluding hydrogens is 595 g/mol. The Bertz CT molecular complexity index is 2870. The summed E-state index contributed by atoms with van der Waals surface area (Å²) in [6.07, 6.45) is -0.298. The van der Waals surface area contributed by atoms with Gasteiger partial charge in [0.1, 0.15) is 17.4 Å². The molecule has 11 rings (SSSR count). The lowest BCUT2D eigenvalue weighted by atomic mass is 10.0. The van der Waals surface area contributed by atoms with Gasteiger partial charge in [0.2, 0.25) is 5.88 Å². The van der Waals surface area contributed by atoms with Crippen LogP contribution in [0.2, 0.25) is 0 Å². The maximum atomic E-state index is 6.38. The van der Waals surface area contributed by atoms with Crippen molar-refractivity contribution in [3.63, 3.8) is 0 Å². The molecule has 220 valence electrons. The van der Waals surface area contributed by atoms with E-state index in [0.29, 0.717) is 5.88 Å². The second kappa shape index (κ2) is 9.32. The zero-order valence-corrected chi connectivity index (χ0v) is 25.9. The molecule has 4 heterocycles. The van der Waals surface area contributed by atoms with E-state index in [1.807, 2.05) is 23.5 Å². The van der Waals surface area contributed by atoms with Crippen LogP contribution in [0.1, 0.15) is 11.7 Å². The maximum Gasteiger partial charge on any atom is 0.244 e. The first-order valence-corrected chi connectivity index (χ1v) is 16.7. The van der Waals surface area contributed by atoms with Crippen molar-refractivity contribution in [1.29, 1.82) is 0 Å². The summed E-state index contributed by atoms with van der Waals surface area (Å²) in [5.41, 5.74) is 6.07. The molecule has 0 radical (unpaired) electrons. The number of anilines is 1. The van der Waals surface area contributed by atoms with Gasteiger partial charge < -0.3 is 14.3 Å². The monoisotopic (exact) mass is 619 g/mol. The Balaban J connectivity index is 1.25. The quantitative estimate of drug-likeness (QED) is 0.209. The molecule has 3 aromatic heterocycles. The molecule has 7 aromatic carbocycles. The molecule has 0 fully saturated rings. The fraction of sp³-hybridized carbons (Fsp3) is 0.0238. The SMILES string of the molecule is c1ccc2cc3c(cc2c1)c1cc2ccccc2cc1n3C1Nc2c(oc3ccccc23)N=C1c1ccc2sc3ccccc3c2c1. The van der Waals surface area contributed by atoms with E-state index in [-0.39, 0.29) is 6.17 Å². The Morgan fingerprint density at radius 3 is 1.87 bits per heavy atom. The summed E-state index contributed by atoms with van der Waals surface area (Å²) in [5, 5.41) is 14.9. The largest absolute Gasteiger partial charge is 0.436 e. The van der Waals surface area contributed by atoms with Gasteiger partial charge in [0.05, 0.1) is 16.7 Å². The summed E-state index contributed by atoms with van der Waals surface area (Å²) in [5.74, 6) is 0.615. The normalized spacial score (nSPS) is 14.9. The number of furan rings is 1. The zero-order chi connectivity index (χ0) is 30.6. The van der Waals surface area contributed by atoms with Crippen molar-refractivity contribution in [2.24, 2.45) is 4.99 Å². The minimum atomic E-state index is -0.298. The molecule has 1 atom stereocenters. The van der Waals surface area contributed by atoms with Crippen molar-refractivity contribution in [3.8, 4) is 0 Å². The summed E-state index contributed by atoms with van der Waals surface area (Å²) < 4.78 is 11.4. The van der Waals surface area contributed by atoms with E-state index < -0.39 is 0 Å². The molecule has 0 bridgehead atoms. The van der Waals surface area contributed by atoms with E-state index in [4.69, 9.17) is 9.41 Å². The van der Waals surface area contributed by atoms with Gasteiger partial charge in [-0.2, -0.15) is 0 Å². The third-order valence-electron chi connectivity index (χ3n) is 9.81. The van der Waals surface area contributed by atoms with Crippen LogP contribution in [0, 0.1) is 0 Å². The summed E-state index contributed by atoms with van der Waals surface area (Å²) in [6.45, 7) is 0. The highest BCUT2D eigenvalue weighted by Gasteiger charge is 2.32. The number of aliphatic imine (C=N–C) groups is 1. The van der Waals surface area contributed by atoms with Crippen molar-refractivity contribution in [3.05, 3.63) is 145 Å². The second-order valence-corrected chi connectivity index (χ2v) is 13.5. The van der Waals surface area contributed by atoms with Crippen LogP contribution < -0.4 is 5.32 Å². The molecule has 5 heteroatoms. The number of hydrogen-bond acceptors (Lipinski definition) is 4. The number of nitrogens with zero attached hydrogens (tertiary/aromatic N) is 2. The summed E-state index contributed by atoms with van der Waals surface area (Å²) in [6, 6.07) is 50.3. The van der Waals surface area contributed by atoms with Crippen LogP contribution in [0.25, 0.3) is 74.5 Å². The molecule has 1 aliphatic rings. The molecule has 0 saturated heterocycles. The van der Waals surface area contributed by atoms with Crippen LogP contribution in [-0.2, 0) is 0 Å². The Hall–Kier alpha value is -5.91. The smallest absolute Gasteiger partial charge is 0.244 e. The predicted molar refractivity (Wildman–Crippen MR) is 199 cm³/mol. The molecule has 0 saturated carbocycles. The molecule has 1 unspecified atom stereocenters. The standard InChI is InChI=1S/C42H25N3OS/c1-3-11-26-22-34-31(19-24(26)9-1)32-20-25-10-2-4-12-27(25)23-35(32)45(34)41-39(44-42-40(43-41)30-14-5-7-15-36(30)46-42)28-17-18-38-33(21-28)29-13-6-8-16-37(29)47-38/h1-23,41,43H. The van der Waals surface area contributed by atoms with Crippen molar-refractivity contribution in [2.45, 2.75) is 6.17 Å². The van der Waals surface area contributed by atoms with Crippen molar-refractivity contribution >= 4 is 103 Å². The lowest BCUT2D eigenvalue weighted by Gasteiger charge is -2.28. The van der Waals surface area contributed by atoms with Gasteiger partial charge in [-0.05, 0) is 76.1 Å². The number of rotatable bonds is 2. The fourth-order valence-electron chi connectivity index (χ4n) is 7.62. The van der Waals surface area contributed by atoms with Gasteiger partial charge in [-0.3, -0.25) is 0 Å². The molecule has 1 N–H and O–H groups in total. The van der Waals surface area contributed by atoms with Crippen LogP contribution in [0.15, 0.2) is 149 Å². The first kappa shape index (κ1) is 25.3. The fourth-order valence-corrected chi connectivity index (χ4v) is 8.70. The third-order valence-corrected chi connectivity index (χ3v) is 11.0. The van der Waals surface area contributed by atoms with Crippen LogP contribution in [-0.4, -0.2) is 10.3 Å². The van der Waals surface area contributed by atoms with Gasteiger partial charge in [-0.1, -0.05) is 84.9 Å². The molecular formula is C42H25N3OS. The Morgan fingerprint density at radius 2 is 1.15 bits per heavy atom. The highest BCUT2D eigenvalue weighted by atomic mass is 32.1. The van der Waals surface area contributed by atoms with Gasteiger partial charge in [0.15, 0.2) is 0 Å². The molecule has 0 spiro atoms. The minimum absolute atomic E-state index is 0.298. The van der Waals surface area contributed by atoms with Crippen molar-refractivity contribution in [1.82, 2.24) is 4.57 Å². The summed E-state index contributed by atoms with van der Waals surface area (Å²) in [4.78, 5) is 5.37. The van der Waals surface area contributed by atoms with Gasteiger partial charge in [-0.25, -0.2) is 4.99 Å². The van der Waals surface area contributed by atoms with E-state index in [2.05, 4.69) is 137 Å². The molecule has 47 heavy (non-hydrogen) atoms. The van der Waals surface area contributed by atoms with Crippen LogP contribution in [0.4, 0.5) is 11.6 Å². The average molecular weight is 620 g/mol. The number of benzene rings is 7. The van der Waals surface area contributed by atoms with Crippen LogP contribution >= 0.6 is 11.3 Å². The van der Waals surface area contributed by atoms with Gasteiger partial charge in [-0.15, -0.1) is 11.3 Å². The lowest BCUT2D eigenvalue weighted by molar-refractivity contribution is 0.618. The number of nitrogens with one attached hydrogen (secondary N) is 1. The van der Waals surface area contributed by atoms with E-state index in [1.165, 1.54) is 52.5 Å². The minimum Gasteiger partial charge on any atom is -0.436 e. The predicted octanol–water partition coefficient (Wildman–Crippen LogP) is 12.0. The summed E-state index contributed by atoms with van der Waals surface area (Å²) in [7, 11) is 0. The Morgan fingerprint density at radius 1 is 0.553 bits per heavy atom. The first-order valence-electron chi connectivity index (χ1n) is 15.9. The van der Waals surface area contributed by atoms with E-state index in [1.54, 1.807) is 0 Å². The molecule has 0 aliphatic carbocycles. The van der Waals surface area contributed by atoms with Gasteiger partial charge in [0, 0.05) is 41.9 Å². The lowest BCUT2D eigenvalue weighted by Crippen LogP contribution is -2.29. The van der Waals surface area contributed by atoms with Crippen molar-refractivity contribution < 1.29 is 4.42 Å². The molecule has 0 amide bonds. The van der Waals surface area contributed by atoms with Crippen LogP contribution in [0.3, 0.4) is 0 Å². The van der Waals surface area contributed by atoms with Crippen LogP contribution in [0.5, 0.6) is 0 Å². The maximum absolute atomic E-state index is 6.38. The number of para-hydroxylation sites is 1. The Kier molecular flexibility index (Phi) is 5.02. The van der Waals surface area contributed by atoms with Gasteiger partial charge >= 0.3 is 0 Å². The summed E-state index contributed by atoms with van der Waals surface area (Å²) >= 11 is 1.83.